The van der Waals surface area contributed by atoms with Crippen LogP contribution in [0.3, 0.4) is 0 Å². The Morgan fingerprint density at radius 3 is 2.14 bits per heavy atom. The summed E-state index contributed by atoms with van der Waals surface area (Å²) in [6.45, 7) is 0. The minimum atomic E-state index is -0.499. The molecule has 0 aliphatic carbocycles. The molecule has 0 fully saturated rings. The summed E-state index contributed by atoms with van der Waals surface area (Å²) >= 11 is 12.0. The minimum Gasteiger partial charge on any atom is -0.465 e. The Bertz CT molecular complexity index is 676. The van der Waals surface area contributed by atoms with E-state index in [4.69, 9.17) is 27.9 Å². The fraction of sp³-hybridized carbons (Fsp3) is 0.125. The molecule has 6 heteroatoms. The van der Waals surface area contributed by atoms with Crippen LogP contribution in [0.25, 0.3) is 0 Å². The summed E-state index contributed by atoms with van der Waals surface area (Å²) in [6, 6.07) is 11.1. The number of esters is 2. The van der Waals surface area contributed by atoms with Crippen LogP contribution in [0.2, 0.25) is 10.0 Å². The van der Waals surface area contributed by atoms with E-state index < -0.39 is 11.9 Å². The highest BCUT2D eigenvalue weighted by Crippen LogP contribution is 2.25. The van der Waals surface area contributed by atoms with Gasteiger partial charge in [-0.1, -0.05) is 29.3 Å². The van der Waals surface area contributed by atoms with Gasteiger partial charge >= 0.3 is 11.9 Å². The zero-order valence-electron chi connectivity index (χ0n) is 11.6. The molecular weight excluding hydrogens is 327 g/mol. The monoisotopic (exact) mass is 338 g/mol. The van der Waals surface area contributed by atoms with Crippen LogP contribution >= 0.6 is 23.2 Å². The van der Waals surface area contributed by atoms with E-state index in [-0.39, 0.29) is 6.42 Å². The molecule has 0 bridgehead atoms. The first-order chi connectivity index (χ1) is 10.5. The molecule has 4 nitrogen and oxygen atoms in total. The van der Waals surface area contributed by atoms with Crippen molar-refractivity contribution in [3.63, 3.8) is 0 Å². The Morgan fingerprint density at radius 1 is 1.00 bits per heavy atom. The van der Waals surface area contributed by atoms with Crippen molar-refractivity contribution >= 4 is 35.1 Å². The lowest BCUT2D eigenvalue weighted by atomic mass is 10.1. The topological polar surface area (TPSA) is 52.6 Å². The smallest absolute Gasteiger partial charge is 0.337 e. The molecule has 0 aromatic heterocycles. The highest BCUT2D eigenvalue weighted by Gasteiger charge is 2.13. The molecular formula is C16H12Cl2O4. The highest BCUT2D eigenvalue weighted by atomic mass is 35.5. The molecule has 114 valence electrons. The molecule has 0 radical (unpaired) electrons. The maximum Gasteiger partial charge on any atom is 0.337 e. The molecule has 22 heavy (non-hydrogen) atoms. The van der Waals surface area contributed by atoms with Gasteiger partial charge in [0.2, 0.25) is 0 Å². The third-order valence-corrected chi connectivity index (χ3v) is 3.60. The highest BCUT2D eigenvalue weighted by molar-refractivity contribution is 6.36. The molecule has 0 saturated heterocycles. The van der Waals surface area contributed by atoms with Gasteiger partial charge in [0.1, 0.15) is 5.75 Å². The SMILES string of the molecule is COC(=O)c1ccc(OC(=O)Cc2c(Cl)cccc2Cl)cc1. The van der Waals surface area contributed by atoms with Crippen molar-refractivity contribution in [3.8, 4) is 5.75 Å². The summed E-state index contributed by atoms with van der Waals surface area (Å²) in [5.74, 6) is -0.637. The fourth-order valence-electron chi connectivity index (χ4n) is 1.79. The van der Waals surface area contributed by atoms with Gasteiger partial charge in [0.15, 0.2) is 0 Å². The van der Waals surface area contributed by atoms with Gasteiger partial charge in [-0.2, -0.15) is 0 Å². The lowest BCUT2D eigenvalue weighted by Crippen LogP contribution is -2.12. The molecule has 0 amide bonds. The summed E-state index contributed by atoms with van der Waals surface area (Å²) in [4.78, 5) is 23.2. The summed E-state index contributed by atoms with van der Waals surface area (Å²) in [6.07, 6.45) is -0.0444. The average Bonchev–Trinajstić information content (AvgIpc) is 2.51. The molecule has 2 rings (SSSR count). The summed E-state index contributed by atoms with van der Waals surface area (Å²) in [5.41, 5.74) is 0.887. The number of methoxy groups -OCH3 is 1. The number of hydrogen-bond donors (Lipinski definition) is 0. The Kier molecular flexibility index (Phi) is 5.41. The van der Waals surface area contributed by atoms with Crippen molar-refractivity contribution in [2.24, 2.45) is 0 Å². The molecule has 0 heterocycles. The lowest BCUT2D eigenvalue weighted by molar-refractivity contribution is -0.133. The summed E-state index contributed by atoms with van der Waals surface area (Å²) in [7, 11) is 1.30. The van der Waals surface area contributed by atoms with Crippen LogP contribution < -0.4 is 4.74 Å². The number of rotatable bonds is 4. The van der Waals surface area contributed by atoms with E-state index in [1.54, 1.807) is 18.2 Å². The number of ether oxygens (including phenoxy) is 2. The number of benzene rings is 2. The quantitative estimate of drug-likeness (QED) is 0.626. The zero-order valence-corrected chi connectivity index (χ0v) is 13.1. The van der Waals surface area contributed by atoms with E-state index >= 15 is 0 Å². The molecule has 0 saturated carbocycles. The van der Waals surface area contributed by atoms with Gasteiger partial charge < -0.3 is 9.47 Å². The molecule has 0 aliphatic rings. The summed E-state index contributed by atoms with van der Waals surface area (Å²) in [5, 5.41) is 0.816. The predicted octanol–water partition coefficient (Wildman–Crippen LogP) is 3.93. The van der Waals surface area contributed by atoms with Gasteiger partial charge in [-0.25, -0.2) is 4.79 Å². The van der Waals surface area contributed by atoms with Crippen LogP contribution in [0.1, 0.15) is 15.9 Å². The second-order valence-electron chi connectivity index (χ2n) is 4.37. The van der Waals surface area contributed by atoms with Crippen LogP contribution in [0, 0.1) is 0 Å². The number of carbonyl (C=O) groups excluding carboxylic acids is 2. The largest absolute Gasteiger partial charge is 0.465 e. The van der Waals surface area contributed by atoms with Gasteiger partial charge in [-0.15, -0.1) is 0 Å². The maximum atomic E-state index is 11.9. The van der Waals surface area contributed by atoms with Gasteiger partial charge in [0.05, 0.1) is 19.1 Å². The van der Waals surface area contributed by atoms with Gasteiger partial charge in [-0.05, 0) is 36.4 Å². The molecule has 2 aromatic carbocycles. The van der Waals surface area contributed by atoms with Crippen molar-refractivity contribution in [2.45, 2.75) is 6.42 Å². The molecule has 0 N–H and O–H groups in total. The van der Waals surface area contributed by atoms with Crippen molar-refractivity contribution in [1.29, 1.82) is 0 Å². The standard InChI is InChI=1S/C16H12Cl2O4/c1-21-16(20)10-5-7-11(8-6-10)22-15(19)9-12-13(17)3-2-4-14(12)18/h2-8H,9H2,1H3. The Labute approximate surface area is 137 Å². The van der Waals surface area contributed by atoms with Crippen LogP contribution in [-0.2, 0) is 16.0 Å². The second-order valence-corrected chi connectivity index (χ2v) is 5.18. The van der Waals surface area contributed by atoms with E-state index in [9.17, 15) is 9.59 Å². The van der Waals surface area contributed by atoms with E-state index in [0.717, 1.165) is 0 Å². The zero-order chi connectivity index (χ0) is 16.1. The van der Waals surface area contributed by atoms with Crippen molar-refractivity contribution in [2.75, 3.05) is 7.11 Å². The van der Waals surface area contributed by atoms with Crippen LogP contribution in [-0.4, -0.2) is 19.0 Å². The first kappa shape index (κ1) is 16.3. The predicted molar refractivity (Wildman–Crippen MR) is 83.6 cm³/mol. The lowest BCUT2D eigenvalue weighted by Gasteiger charge is -2.08. The van der Waals surface area contributed by atoms with E-state index in [1.165, 1.54) is 31.4 Å². The summed E-state index contributed by atoms with van der Waals surface area (Å²) < 4.78 is 9.77. The van der Waals surface area contributed by atoms with E-state index in [0.29, 0.717) is 26.9 Å². The number of hydrogen-bond acceptors (Lipinski definition) is 4. The Balaban J connectivity index is 2.05. The fourth-order valence-corrected chi connectivity index (χ4v) is 2.32. The molecule has 0 spiro atoms. The van der Waals surface area contributed by atoms with Gasteiger partial charge in [0, 0.05) is 15.6 Å². The molecule has 0 unspecified atom stereocenters. The van der Waals surface area contributed by atoms with Crippen molar-refractivity contribution < 1.29 is 19.1 Å². The molecule has 0 aliphatic heterocycles. The van der Waals surface area contributed by atoms with E-state index in [1.807, 2.05) is 0 Å². The molecule has 0 atom stereocenters. The minimum absolute atomic E-state index is 0.0444. The van der Waals surface area contributed by atoms with Crippen LogP contribution in [0.5, 0.6) is 5.75 Å². The molecule has 2 aromatic rings. The van der Waals surface area contributed by atoms with Crippen molar-refractivity contribution in [3.05, 3.63) is 63.6 Å². The van der Waals surface area contributed by atoms with Gasteiger partial charge in [-0.3, -0.25) is 4.79 Å². The van der Waals surface area contributed by atoms with Gasteiger partial charge in [0.25, 0.3) is 0 Å². The normalized spacial score (nSPS) is 10.1. The van der Waals surface area contributed by atoms with E-state index in [2.05, 4.69) is 4.74 Å². The third-order valence-electron chi connectivity index (χ3n) is 2.89. The maximum absolute atomic E-state index is 11.9. The first-order valence-corrected chi connectivity index (χ1v) is 7.09. The Morgan fingerprint density at radius 2 is 1.59 bits per heavy atom. The third kappa shape index (κ3) is 4.00. The Hall–Kier alpha value is -2.04. The number of halogens is 2. The number of carbonyl (C=O) groups is 2. The second kappa shape index (κ2) is 7.29. The first-order valence-electron chi connectivity index (χ1n) is 6.33. The van der Waals surface area contributed by atoms with Crippen LogP contribution in [0.15, 0.2) is 42.5 Å². The van der Waals surface area contributed by atoms with Crippen molar-refractivity contribution in [1.82, 2.24) is 0 Å². The average molecular weight is 339 g/mol. The van der Waals surface area contributed by atoms with Crippen LogP contribution in [0.4, 0.5) is 0 Å².